The van der Waals surface area contributed by atoms with E-state index >= 15 is 0 Å². The van der Waals surface area contributed by atoms with Crippen LogP contribution >= 0.6 is 0 Å². The molecule has 3 aliphatic carbocycles. The fourth-order valence-electron chi connectivity index (χ4n) is 6.65. The summed E-state index contributed by atoms with van der Waals surface area (Å²) in [5.41, 5.74) is 1.65. The molecule has 3 fully saturated rings. The van der Waals surface area contributed by atoms with Gasteiger partial charge in [0.15, 0.2) is 0 Å². The third-order valence-electron chi connectivity index (χ3n) is 7.73. The molecule has 0 radical (unpaired) electrons. The van der Waals surface area contributed by atoms with E-state index in [2.05, 4.69) is 30.3 Å². The SMILES string of the molecule is c1ccc(C2CCCCC2C2CCCCC2C2CCCCC2)cc1. The van der Waals surface area contributed by atoms with Crippen LogP contribution in [0.4, 0.5) is 0 Å². The summed E-state index contributed by atoms with van der Waals surface area (Å²) in [5.74, 6) is 5.01. The molecule has 3 aliphatic rings. The maximum absolute atomic E-state index is 2.42. The van der Waals surface area contributed by atoms with E-state index in [1.54, 1.807) is 24.8 Å². The van der Waals surface area contributed by atoms with Gasteiger partial charge in [-0.15, -0.1) is 0 Å². The molecular formula is C24H36. The Morgan fingerprint density at radius 1 is 0.500 bits per heavy atom. The van der Waals surface area contributed by atoms with Crippen molar-refractivity contribution in [3.05, 3.63) is 35.9 Å². The van der Waals surface area contributed by atoms with Gasteiger partial charge in [-0.1, -0.05) is 88.1 Å². The van der Waals surface area contributed by atoms with Crippen molar-refractivity contribution in [3.8, 4) is 0 Å². The molecule has 0 aliphatic heterocycles. The number of hydrogen-bond donors (Lipinski definition) is 0. The van der Waals surface area contributed by atoms with Gasteiger partial charge in [0.2, 0.25) is 0 Å². The molecule has 1 aromatic carbocycles. The molecule has 0 N–H and O–H groups in total. The fourth-order valence-corrected chi connectivity index (χ4v) is 6.65. The van der Waals surface area contributed by atoms with E-state index < -0.39 is 0 Å². The Labute approximate surface area is 149 Å². The van der Waals surface area contributed by atoms with Crippen molar-refractivity contribution in [1.29, 1.82) is 0 Å². The molecule has 132 valence electrons. The minimum Gasteiger partial charge on any atom is -0.0622 e. The van der Waals surface area contributed by atoms with Crippen LogP contribution in [-0.2, 0) is 0 Å². The monoisotopic (exact) mass is 324 g/mol. The highest BCUT2D eigenvalue weighted by atomic mass is 14.5. The molecule has 0 heteroatoms. The van der Waals surface area contributed by atoms with Crippen LogP contribution in [0, 0.1) is 23.7 Å². The standard InChI is InChI=1S/C24H36/c1-3-11-19(12-4-1)21-15-7-9-17-23(21)24-18-10-8-16-22(24)20-13-5-2-6-14-20/h1,3-4,11-12,20-24H,2,5-10,13-18H2. The summed E-state index contributed by atoms with van der Waals surface area (Å²) in [5, 5.41) is 0. The zero-order chi connectivity index (χ0) is 16.2. The summed E-state index contributed by atoms with van der Waals surface area (Å²) in [7, 11) is 0. The summed E-state index contributed by atoms with van der Waals surface area (Å²) in [6.45, 7) is 0. The first kappa shape index (κ1) is 16.7. The average Bonchev–Trinajstić information content (AvgIpc) is 2.69. The fraction of sp³-hybridized carbons (Fsp3) is 0.750. The van der Waals surface area contributed by atoms with E-state index in [9.17, 15) is 0 Å². The normalized spacial score (nSPS) is 35.7. The molecule has 0 spiro atoms. The van der Waals surface area contributed by atoms with Gasteiger partial charge in [0.25, 0.3) is 0 Å². The molecule has 0 nitrogen and oxygen atoms in total. The van der Waals surface area contributed by atoms with Crippen molar-refractivity contribution < 1.29 is 0 Å². The molecular weight excluding hydrogens is 288 g/mol. The second-order valence-electron chi connectivity index (χ2n) is 8.98. The van der Waals surface area contributed by atoms with Crippen LogP contribution in [0.5, 0.6) is 0 Å². The van der Waals surface area contributed by atoms with E-state index in [0.29, 0.717) is 0 Å². The first-order chi connectivity index (χ1) is 11.9. The van der Waals surface area contributed by atoms with Crippen LogP contribution in [-0.4, -0.2) is 0 Å². The van der Waals surface area contributed by atoms with Crippen molar-refractivity contribution in [2.75, 3.05) is 0 Å². The van der Waals surface area contributed by atoms with E-state index in [1.165, 1.54) is 64.2 Å². The second-order valence-corrected chi connectivity index (χ2v) is 8.98. The van der Waals surface area contributed by atoms with Crippen LogP contribution in [0.3, 0.4) is 0 Å². The maximum Gasteiger partial charge on any atom is -0.0131 e. The second kappa shape index (κ2) is 8.07. The van der Waals surface area contributed by atoms with E-state index in [-0.39, 0.29) is 0 Å². The molecule has 0 heterocycles. The van der Waals surface area contributed by atoms with Gasteiger partial charge in [-0.05, 0) is 60.8 Å². The van der Waals surface area contributed by atoms with Gasteiger partial charge < -0.3 is 0 Å². The molecule has 3 saturated carbocycles. The van der Waals surface area contributed by atoms with Crippen LogP contribution in [0.25, 0.3) is 0 Å². The average molecular weight is 325 g/mol. The van der Waals surface area contributed by atoms with Gasteiger partial charge in [-0.25, -0.2) is 0 Å². The zero-order valence-corrected chi connectivity index (χ0v) is 15.5. The lowest BCUT2D eigenvalue weighted by atomic mass is 9.59. The van der Waals surface area contributed by atoms with E-state index in [4.69, 9.17) is 0 Å². The van der Waals surface area contributed by atoms with Crippen molar-refractivity contribution >= 4 is 0 Å². The quantitative estimate of drug-likeness (QED) is 0.545. The summed E-state index contributed by atoms with van der Waals surface area (Å²) in [4.78, 5) is 0. The summed E-state index contributed by atoms with van der Waals surface area (Å²) in [6.07, 6.45) is 19.6. The lowest BCUT2D eigenvalue weighted by Gasteiger charge is -2.46. The van der Waals surface area contributed by atoms with Crippen LogP contribution in [0.1, 0.15) is 95.0 Å². The van der Waals surface area contributed by atoms with Crippen LogP contribution < -0.4 is 0 Å². The molecule has 0 aromatic heterocycles. The lowest BCUT2D eigenvalue weighted by molar-refractivity contribution is 0.0580. The minimum absolute atomic E-state index is 0.856. The zero-order valence-electron chi connectivity index (χ0n) is 15.5. The van der Waals surface area contributed by atoms with Gasteiger partial charge in [0, 0.05) is 0 Å². The maximum atomic E-state index is 2.42. The molecule has 0 saturated heterocycles. The Balaban J connectivity index is 1.55. The van der Waals surface area contributed by atoms with Crippen molar-refractivity contribution in [2.24, 2.45) is 23.7 Å². The highest BCUT2D eigenvalue weighted by Gasteiger charge is 2.40. The van der Waals surface area contributed by atoms with Gasteiger partial charge in [-0.3, -0.25) is 0 Å². The number of hydrogen-bond acceptors (Lipinski definition) is 0. The Morgan fingerprint density at radius 2 is 1.08 bits per heavy atom. The molecule has 4 atom stereocenters. The summed E-state index contributed by atoms with van der Waals surface area (Å²) in [6, 6.07) is 11.6. The number of rotatable bonds is 3. The molecule has 0 bridgehead atoms. The molecule has 4 rings (SSSR count). The van der Waals surface area contributed by atoms with Gasteiger partial charge in [0.05, 0.1) is 0 Å². The first-order valence-corrected chi connectivity index (χ1v) is 11.0. The predicted octanol–water partition coefficient (Wildman–Crippen LogP) is 7.35. The lowest BCUT2D eigenvalue weighted by Crippen LogP contribution is -2.36. The predicted molar refractivity (Wildman–Crippen MR) is 103 cm³/mol. The van der Waals surface area contributed by atoms with Crippen molar-refractivity contribution in [3.63, 3.8) is 0 Å². The molecule has 0 amide bonds. The van der Waals surface area contributed by atoms with Crippen LogP contribution in [0.15, 0.2) is 30.3 Å². The third-order valence-corrected chi connectivity index (χ3v) is 7.73. The summed E-state index contributed by atoms with van der Waals surface area (Å²) < 4.78 is 0. The van der Waals surface area contributed by atoms with E-state index in [1.807, 2.05) is 0 Å². The molecule has 24 heavy (non-hydrogen) atoms. The largest absolute Gasteiger partial charge is 0.0622 e. The van der Waals surface area contributed by atoms with Gasteiger partial charge in [0.1, 0.15) is 0 Å². The highest BCUT2D eigenvalue weighted by molar-refractivity contribution is 5.21. The highest BCUT2D eigenvalue weighted by Crippen LogP contribution is 2.51. The van der Waals surface area contributed by atoms with E-state index in [0.717, 1.165) is 29.6 Å². The Morgan fingerprint density at radius 3 is 1.83 bits per heavy atom. The molecule has 4 unspecified atom stereocenters. The Hall–Kier alpha value is -0.780. The van der Waals surface area contributed by atoms with Crippen LogP contribution in [0.2, 0.25) is 0 Å². The third kappa shape index (κ3) is 3.58. The topological polar surface area (TPSA) is 0 Å². The Kier molecular flexibility index (Phi) is 5.60. The number of benzene rings is 1. The minimum atomic E-state index is 0.856. The first-order valence-electron chi connectivity index (χ1n) is 11.0. The Bertz CT molecular complexity index is 484. The summed E-state index contributed by atoms with van der Waals surface area (Å²) >= 11 is 0. The van der Waals surface area contributed by atoms with Crippen molar-refractivity contribution in [2.45, 2.75) is 89.4 Å². The van der Waals surface area contributed by atoms with Gasteiger partial charge >= 0.3 is 0 Å². The van der Waals surface area contributed by atoms with Crippen molar-refractivity contribution in [1.82, 2.24) is 0 Å². The smallest absolute Gasteiger partial charge is 0.0131 e. The molecule has 1 aromatic rings. The van der Waals surface area contributed by atoms with Gasteiger partial charge in [-0.2, -0.15) is 0 Å².